The lowest BCUT2D eigenvalue weighted by Crippen LogP contribution is -2.17. The molecule has 0 fully saturated rings. The first-order valence-corrected chi connectivity index (χ1v) is 5.66. The van der Waals surface area contributed by atoms with E-state index in [0.717, 1.165) is 11.3 Å². The Morgan fingerprint density at radius 3 is 2.76 bits per heavy atom. The van der Waals surface area contributed by atoms with E-state index in [9.17, 15) is 4.79 Å². The van der Waals surface area contributed by atoms with Crippen LogP contribution in [0.5, 0.6) is 0 Å². The molecule has 2 heterocycles. The van der Waals surface area contributed by atoms with Gasteiger partial charge in [0.15, 0.2) is 0 Å². The predicted octanol–water partition coefficient (Wildman–Crippen LogP) is 1.54. The van der Waals surface area contributed by atoms with E-state index < -0.39 is 0 Å². The third kappa shape index (κ3) is 2.74. The Morgan fingerprint density at radius 1 is 1.35 bits per heavy atom. The maximum absolute atomic E-state index is 11.7. The molecule has 4 nitrogen and oxygen atoms in total. The fourth-order valence-corrected chi connectivity index (χ4v) is 1.69. The van der Waals surface area contributed by atoms with Gasteiger partial charge in [-0.15, -0.1) is 0 Å². The fraction of sp³-hybridized carbons (Fsp3) is 0.250. The molecule has 17 heavy (non-hydrogen) atoms. The first-order chi connectivity index (χ1) is 8.06. The molecule has 88 valence electrons. The minimum atomic E-state index is -0.201. The van der Waals surface area contributed by atoms with Gasteiger partial charge in [-0.05, 0) is 25.5 Å². The molecule has 2 aromatic heterocycles. The number of hydrogen-bond donors (Lipinski definition) is 1. The van der Waals surface area contributed by atoms with E-state index >= 15 is 0 Å². The van der Waals surface area contributed by atoms with E-state index in [1.54, 1.807) is 23.3 Å². The normalized spacial score (nSPS) is 10.5. The molecule has 0 atom stereocenters. The molecule has 2 aromatic rings. The molecule has 0 spiro atoms. The van der Waals surface area contributed by atoms with Crippen molar-refractivity contribution in [3.05, 3.63) is 57.5 Å². The summed E-state index contributed by atoms with van der Waals surface area (Å²) in [7, 11) is 0. The Labute approximate surface area is 105 Å². The third-order valence-corrected chi connectivity index (χ3v) is 2.92. The van der Waals surface area contributed by atoms with Crippen molar-refractivity contribution in [3.63, 3.8) is 0 Å². The number of aromatic nitrogens is 3. The zero-order chi connectivity index (χ0) is 12.4. The molecule has 0 saturated heterocycles. The smallest absolute Gasteiger partial charge is 0.276 e. The quantitative estimate of drug-likeness (QED) is 0.819. The maximum Gasteiger partial charge on any atom is 0.276 e. The molecule has 5 heteroatoms. The number of nitrogens with zero attached hydrogens (tertiary/aromatic N) is 3. The van der Waals surface area contributed by atoms with Crippen LogP contribution in [-0.2, 0) is 6.42 Å². The van der Waals surface area contributed by atoms with E-state index in [0.29, 0.717) is 17.8 Å². The van der Waals surface area contributed by atoms with Gasteiger partial charge in [-0.2, -0.15) is 4.98 Å². The average Bonchev–Trinajstić information content (AvgIpc) is 2.29. The van der Waals surface area contributed by atoms with Gasteiger partial charge < -0.3 is 0 Å². The lowest BCUT2D eigenvalue weighted by atomic mass is 10.1. The van der Waals surface area contributed by atoms with E-state index in [4.69, 9.17) is 0 Å². The highest BCUT2D eigenvalue weighted by atomic mass is 32.1. The SMILES string of the molecule is Cc1ccc(Cc2cn(S)c(C)nc2=O)cn1. The van der Waals surface area contributed by atoms with Crippen LogP contribution in [0, 0.1) is 13.8 Å². The van der Waals surface area contributed by atoms with Gasteiger partial charge in [0, 0.05) is 30.1 Å². The van der Waals surface area contributed by atoms with Gasteiger partial charge in [0.2, 0.25) is 0 Å². The highest BCUT2D eigenvalue weighted by molar-refractivity contribution is 7.78. The van der Waals surface area contributed by atoms with Crippen molar-refractivity contribution >= 4 is 12.8 Å². The molecule has 0 aliphatic rings. The molecule has 0 aliphatic heterocycles. The van der Waals surface area contributed by atoms with Gasteiger partial charge in [0.1, 0.15) is 5.82 Å². The van der Waals surface area contributed by atoms with Crippen LogP contribution in [0.4, 0.5) is 0 Å². The standard InChI is InChI=1S/C12H13N3OS/c1-8-3-4-10(6-13-8)5-11-7-15(17)9(2)14-12(11)16/h3-4,6-7,17H,5H2,1-2H3. The number of aryl methyl sites for hydroxylation is 2. The highest BCUT2D eigenvalue weighted by Gasteiger charge is 2.05. The molecule has 0 radical (unpaired) electrons. The van der Waals surface area contributed by atoms with Crippen molar-refractivity contribution in [2.45, 2.75) is 20.3 Å². The predicted molar refractivity (Wildman–Crippen MR) is 69.4 cm³/mol. The summed E-state index contributed by atoms with van der Waals surface area (Å²) in [5.74, 6) is 0.587. The van der Waals surface area contributed by atoms with Crippen LogP contribution in [0.15, 0.2) is 29.3 Å². The molecule has 0 aromatic carbocycles. The van der Waals surface area contributed by atoms with Crippen LogP contribution >= 0.6 is 12.8 Å². The van der Waals surface area contributed by atoms with Crippen LogP contribution in [0.3, 0.4) is 0 Å². The number of rotatable bonds is 2. The molecule has 0 aliphatic carbocycles. The van der Waals surface area contributed by atoms with Crippen molar-refractivity contribution in [3.8, 4) is 0 Å². The van der Waals surface area contributed by atoms with Crippen molar-refractivity contribution in [2.24, 2.45) is 0 Å². The molecule has 0 amide bonds. The highest BCUT2D eigenvalue weighted by Crippen LogP contribution is 2.06. The monoisotopic (exact) mass is 247 g/mol. The molecule has 0 saturated carbocycles. The second-order valence-electron chi connectivity index (χ2n) is 3.95. The molecular formula is C12H13N3OS. The third-order valence-electron chi connectivity index (χ3n) is 2.51. The Morgan fingerprint density at radius 2 is 2.12 bits per heavy atom. The van der Waals surface area contributed by atoms with Gasteiger partial charge in [-0.25, -0.2) is 0 Å². The zero-order valence-electron chi connectivity index (χ0n) is 9.71. The summed E-state index contributed by atoms with van der Waals surface area (Å²) in [5.41, 5.74) is 2.37. The molecular weight excluding hydrogens is 234 g/mol. The van der Waals surface area contributed by atoms with Crippen LogP contribution < -0.4 is 5.56 Å². The largest absolute Gasteiger partial charge is 0.281 e. The van der Waals surface area contributed by atoms with Crippen LogP contribution in [0.25, 0.3) is 0 Å². The number of hydrogen-bond acceptors (Lipinski definition) is 4. The second kappa shape index (κ2) is 4.71. The number of thiol groups is 1. The molecule has 2 rings (SSSR count). The van der Waals surface area contributed by atoms with Crippen molar-refractivity contribution in [1.82, 2.24) is 13.9 Å². The van der Waals surface area contributed by atoms with Crippen LogP contribution in [0.2, 0.25) is 0 Å². The van der Waals surface area contributed by atoms with Crippen LogP contribution in [0.1, 0.15) is 22.6 Å². The maximum atomic E-state index is 11.7. The summed E-state index contributed by atoms with van der Waals surface area (Å²) in [5, 5.41) is 0. The summed E-state index contributed by atoms with van der Waals surface area (Å²) >= 11 is 4.20. The van der Waals surface area contributed by atoms with Crippen molar-refractivity contribution < 1.29 is 0 Å². The van der Waals surface area contributed by atoms with Crippen molar-refractivity contribution in [1.29, 1.82) is 0 Å². The fourth-order valence-electron chi connectivity index (χ4n) is 1.51. The Balaban J connectivity index is 2.33. The van der Waals surface area contributed by atoms with Gasteiger partial charge >= 0.3 is 0 Å². The average molecular weight is 247 g/mol. The van der Waals surface area contributed by atoms with Crippen LogP contribution in [-0.4, -0.2) is 13.9 Å². The Hall–Kier alpha value is -1.62. The van der Waals surface area contributed by atoms with Gasteiger partial charge in [-0.3, -0.25) is 13.8 Å². The van der Waals surface area contributed by atoms with Gasteiger partial charge in [-0.1, -0.05) is 18.9 Å². The zero-order valence-corrected chi connectivity index (χ0v) is 10.6. The molecule has 0 unspecified atom stereocenters. The Bertz CT molecular complexity index is 590. The number of pyridine rings is 1. The van der Waals surface area contributed by atoms with Crippen molar-refractivity contribution in [2.75, 3.05) is 0 Å². The second-order valence-corrected chi connectivity index (χ2v) is 4.38. The first-order valence-electron chi connectivity index (χ1n) is 5.26. The van der Waals surface area contributed by atoms with Gasteiger partial charge in [0.05, 0.1) is 0 Å². The summed E-state index contributed by atoms with van der Waals surface area (Å²) in [4.78, 5) is 19.8. The van der Waals surface area contributed by atoms with E-state index in [1.165, 1.54) is 0 Å². The minimum Gasteiger partial charge on any atom is -0.281 e. The molecule has 0 bridgehead atoms. The topological polar surface area (TPSA) is 47.8 Å². The minimum absolute atomic E-state index is 0.201. The van der Waals surface area contributed by atoms with E-state index in [-0.39, 0.29) is 5.56 Å². The lowest BCUT2D eigenvalue weighted by molar-refractivity contribution is 0.933. The van der Waals surface area contributed by atoms with E-state index in [2.05, 4.69) is 22.8 Å². The summed E-state index contributed by atoms with van der Waals surface area (Å²) in [6.45, 7) is 3.67. The summed E-state index contributed by atoms with van der Waals surface area (Å²) in [6, 6.07) is 3.89. The Kier molecular flexibility index (Phi) is 3.28. The first kappa shape index (κ1) is 11.9. The van der Waals surface area contributed by atoms with E-state index in [1.807, 2.05) is 19.1 Å². The summed E-state index contributed by atoms with van der Waals surface area (Å²) in [6.07, 6.45) is 4.01. The lowest BCUT2D eigenvalue weighted by Gasteiger charge is -2.05. The van der Waals surface area contributed by atoms with Gasteiger partial charge in [0.25, 0.3) is 5.56 Å². The summed E-state index contributed by atoms with van der Waals surface area (Å²) < 4.78 is 1.55. The molecule has 0 N–H and O–H groups in total.